The summed E-state index contributed by atoms with van der Waals surface area (Å²) in [7, 11) is 6.93. The Balaban J connectivity index is 2.05. The van der Waals surface area contributed by atoms with Gasteiger partial charge in [-0.1, -0.05) is 6.07 Å². The summed E-state index contributed by atoms with van der Waals surface area (Å²) in [5.41, 5.74) is 0.622. The van der Waals surface area contributed by atoms with E-state index >= 15 is 0 Å². The molecule has 0 radical (unpaired) electrons. The molecule has 8 nitrogen and oxygen atoms in total. The SMILES string of the molecule is COc1ccc([C@@H]2C(C(=O)c3ccco3)=C(O)C(=O)N2CCCN(C)C)cc1OC. The van der Waals surface area contributed by atoms with Gasteiger partial charge in [0, 0.05) is 6.54 Å². The van der Waals surface area contributed by atoms with E-state index in [0.29, 0.717) is 30.0 Å². The van der Waals surface area contributed by atoms with Crippen LogP contribution in [-0.2, 0) is 4.79 Å². The number of hydrogen-bond acceptors (Lipinski definition) is 7. The summed E-state index contributed by atoms with van der Waals surface area (Å²) >= 11 is 0. The van der Waals surface area contributed by atoms with Gasteiger partial charge in [-0.05, 0) is 56.9 Å². The molecule has 0 saturated heterocycles. The molecule has 1 aromatic heterocycles. The molecular formula is C22H26N2O6. The number of ether oxygens (including phenoxy) is 2. The van der Waals surface area contributed by atoms with E-state index in [4.69, 9.17) is 13.9 Å². The molecule has 0 bridgehead atoms. The highest BCUT2D eigenvalue weighted by molar-refractivity contribution is 6.15. The van der Waals surface area contributed by atoms with Crippen molar-refractivity contribution in [2.75, 3.05) is 41.4 Å². The Bertz CT molecular complexity index is 949. The maximum absolute atomic E-state index is 13.1. The van der Waals surface area contributed by atoms with Gasteiger partial charge in [-0.15, -0.1) is 0 Å². The average Bonchev–Trinajstić information content (AvgIpc) is 3.35. The number of methoxy groups -OCH3 is 2. The third-order valence-electron chi connectivity index (χ3n) is 5.02. The Morgan fingerprint density at radius 3 is 2.53 bits per heavy atom. The number of amides is 1. The van der Waals surface area contributed by atoms with Gasteiger partial charge in [0.15, 0.2) is 23.0 Å². The molecule has 8 heteroatoms. The number of aliphatic hydroxyl groups is 1. The highest BCUT2D eigenvalue weighted by atomic mass is 16.5. The molecule has 1 aliphatic rings. The van der Waals surface area contributed by atoms with Crippen LogP contribution in [0.4, 0.5) is 0 Å². The number of aliphatic hydroxyl groups excluding tert-OH is 1. The first-order chi connectivity index (χ1) is 14.4. The summed E-state index contributed by atoms with van der Waals surface area (Å²) in [6.45, 7) is 1.12. The number of nitrogens with zero attached hydrogens (tertiary/aromatic N) is 2. The largest absolute Gasteiger partial charge is 0.503 e. The molecule has 2 aromatic rings. The Kier molecular flexibility index (Phi) is 6.47. The Labute approximate surface area is 175 Å². The highest BCUT2D eigenvalue weighted by Crippen LogP contribution is 2.41. The van der Waals surface area contributed by atoms with Crippen LogP contribution < -0.4 is 9.47 Å². The van der Waals surface area contributed by atoms with E-state index in [1.807, 2.05) is 19.0 Å². The molecule has 0 saturated carbocycles. The molecule has 160 valence electrons. The van der Waals surface area contributed by atoms with Crippen molar-refractivity contribution in [3.05, 3.63) is 59.3 Å². The lowest BCUT2D eigenvalue weighted by molar-refractivity contribution is -0.129. The van der Waals surface area contributed by atoms with Crippen LogP contribution in [0.2, 0.25) is 0 Å². The molecule has 1 atom stereocenters. The first-order valence-electron chi connectivity index (χ1n) is 9.58. The molecule has 1 aromatic carbocycles. The maximum atomic E-state index is 13.1. The summed E-state index contributed by atoms with van der Waals surface area (Å²) in [6.07, 6.45) is 2.06. The van der Waals surface area contributed by atoms with E-state index < -0.39 is 23.5 Å². The van der Waals surface area contributed by atoms with E-state index in [1.165, 1.54) is 31.4 Å². The topological polar surface area (TPSA) is 92.5 Å². The average molecular weight is 414 g/mol. The van der Waals surface area contributed by atoms with Crippen LogP contribution >= 0.6 is 0 Å². The van der Waals surface area contributed by atoms with E-state index in [2.05, 4.69) is 0 Å². The summed E-state index contributed by atoms with van der Waals surface area (Å²) in [5, 5.41) is 10.6. The van der Waals surface area contributed by atoms with Gasteiger partial charge in [0.2, 0.25) is 5.78 Å². The van der Waals surface area contributed by atoms with Crippen LogP contribution in [0.15, 0.2) is 52.3 Å². The van der Waals surface area contributed by atoms with E-state index in [1.54, 1.807) is 24.3 Å². The van der Waals surface area contributed by atoms with Gasteiger partial charge in [-0.3, -0.25) is 9.59 Å². The molecule has 0 fully saturated rings. The second-order valence-corrected chi connectivity index (χ2v) is 7.24. The van der Waals surface area contributed by atoms with Crippen LogP contribution in [-0.4, -0.2) is 68.0 Å². The van der Waals surface area contributed by atoms with E-state index in [0.717, 1.165) is 6.54 Å². The van der Waals surface area contributed by atoms with Crippen molar-refractivity contribution in [3.63, 3.8) is 0 Å². The van der Waals surface area contributed by atoms with Crippen LogP contribution in [0.1, 0.15) is 28.6 Å². The number of furan rings is 1. The van der Waals surface area contributed by atoms with Crippen molar-refractivity contribution >= 4 is 11.7 Å². The monoisotopic (exact) mass is 414 g/mol. The summed E-state index contributed by atoms with van der Waals surface area (Å²) in [6, 6.07) is 7.50. The van der Waals surface area contributed by atoms with Gasteiger partial charge < -0.3 is 28.8 Å². The zero-order valence-electron chi connectivity index (χ0n) is 17.5. The molecule has 0 spiro atoms. The molecule has 1 aliphatic heterocycles. The smallest absolute Gasteiger partial charge is 0.290 e. The number of Topliss-reactive ketones (excluding diaryl/α,β-unsaturated/α-hetero) is 1. The lowest BCUT2D eigenvalue weighted by atomic mass is 9.94. The number of carbonyl (C=O) groups excluding carboxylic acids is 2. The van der Waals surface area contributed by atoms with Crippen molar-refractivity contribution in [2.24, 2.45) is 0 Å². The lowest BCUT2D eigenvalue weighted by Crippen LogP contribution is -2.33. The zero-order valence-corrected chi connectivity index (χ0v) is 17.5. The van der Waals surface area contributed by atoms with Gasteiger partial charge >= 0.3 is 0 Å². The predicted octanol–water partition coefficient (Wildman–Crippen LogP) is 2.83. The number of ketones is 1. The minimum absolute atomic E-state index is 0.00739. The number of rotatable bonds is 9. The summed E-state index contributed by atoms with van der Waals surface area (Å²) < 4.78 is 15.9. The number of benzene rings is 1. The molecule has 30 heavy (non-hydrogen) atoms. The van der Waals surface area contributed by atoms with Crippen LogP contribution in [0.3, 0.4) is 0 Å². The first-order valence-corrected chi connectivity index (χ1v) is 9.58. The fourth-order valence-electron chi connectivity index (χ4n) is 3.58. The van der Waals surface area contributed by atoms with Crippen LogP contribution in [0, 0.1) is 0 Å². The second kappa shape index (κ2) is 9.04. The number of hydrogen-bond donors (Lipinski definition) is 1. The van der Waals surface area contributed by atoms with Gasteiger partial charge in [0.1, 0.15) is 0 Å². The van der Waals surface area contributed by atoms with Crippen molar-refractivity contribution in [1.29, 1.82) is 0 Å². The van der Waals surface area contributed by atoms with E-state index in [-0.39, 0.29) is 11.3 Å². The Hall–Kier alpha value is -3.26. The third kappa shape index (κ3) is 4.04. The number of carbonyl (C=O) groups is 2. The van der Waals surface area contributed by atoms with Gasteiger partial charge in [-0.25, -0.2) is 0 Å². The van der Waals surface area contributed by atoms with Crippen molar-refractivity contribution in [2.45, 2.75) is 12.5 Å². The lowest BCUT2D eigenvalue weighted by Gasteiger charge is -2.27. The van der Waals surface area contributed by atoms with Gasteiger partial charge in [-0.2, -0.15) is 0 Å². The second-order valence-electron chi connectivity index (χ2n) is 7.24. The minimum Gasteiger partial charge on any atom is -0.503 e. The molecule has 0 unspecified atom stereocenters. The molecule has 2 heterocycles. The van der Waals surface area contributed by atoms with Crippen LogP contribution in [0.5, 0.6) is 11.5 Å². The Morgan fingerprint density at radius 1 is 1.20 bits per heavy atom. The fourth-order valence-corrected chi connectivity index (χ4v) is 3.58. The zero-order chi connectivity index (χ0) is 21.8. The van der Waals surface area contributed by atoms with Gasteiger partial charge in [0.25, 0.3) is 5.91 Å². The Morgan fingerprint density at radius 2 is 1.93 bits per heavy atom. The molecule has 1 N–H and O–H groups in total. The normalized spacial score (nSPS) is 16.5. The molecule has 0 aliphatic carbocycles. The molecule has 1 amide bonds. The van der Waals surface area contributed by atoms with Crippen molar-refractivity contribution in [3.8, 4) is 11.5 Å². The first kappa shape index (κ1) is 21.4. The molecular weight excluding hydrogens is 388 g/mol. The van der Waals surface area contributed by atoms with Crippen molar-refractivity contribution in [1.82, 2.24) is 9.80 Å². The maximum Gasteiger partial charge on any atom is 0.290 e. The quantitative estimate of drug-likeness (QED) is 0.631. The third-order valence-corrected chi connectivity index (χ3v) is 5.02. The fraction of sp³-hybridized carbons (Fsp3) is 0.364. The van der Waals surface area contributed by atoms with Crippen LogP contribution in [0.25, 0.3) is 0 Å². The standard InChI is InChI=1S/C22H26N2O6/c1-23(2)10-6-11-24-19(14-8-9-15(28-3)17(13-14)29-4)18(21(26)22(24)27)20(25)16-7-5-12-30-16/h5,7-9,12-13,19,26H,6,10-11H2,1-4H3/t19-/m1/s1. The molecule has 3 rings (SSSR count). The van der Waals surface area contributed by atoms with Crippen molar-refractivity contribution < 1.29 is 28.6 Å². The predicted molar refractivity (Wildman–Crippen MR) is 110 cm³/mol. The highest BCUT2D eigenvalue weighted by Gasteiger charge is 2.44. The summed E-state index contributed by atoms with van der Waals surface area (Å²) in [5.74, 6) is -0.612. The summed E-state index contributed by atoms with van der Waals surface area (Å²) in [4.78, 5) is 29.5. The van der Waals surface area contributed by atoms with Gasteiger partial charge in [0.05, 0.1) is 32.1 Å². The minimum atomic E-state index is -0.767. The van der Waals surface area contributed by atoms with E-state index in [9.17, 15) is 14.7 Å².